The molecule has 0 aliphatic heterocycles. The molecule has 0 aromatic heterocycles. The summed E-state index contributed by atoms with van der Waals surface area (Å²) >= 11 is 0. The van der Waals surface area contributed by atoms with Gasteiger partial charge in [-0.15, -0.1) is 0 Å². The lowest BCUT2D eigenvalue weighted by molar-refractivity contribution is -0.387. The summed E-state index contributed by atoms with van der Waals surface area (Å²) in [5, 5.41) is 13.7. The fourth-order valence-electron chi connectivity index (χ4n) is 2.56. The van der Waals surface area contributed by atoms with Crippen LogP contribution < -0.4 is 5.32 Å². The van der Waals surface area contributed by atoms with Crippen LogP contribution in [0.4, 0.5) is 15.8 Å². The SMILES string of the molecule is CC1CCC(CNc2ccc([N+](=O)[O-])c(F)c2)CC1. The first-order valence-corrected chi connectivity index (χ1v) is 6.74. The molecular weight excluding hydrogens is 247 g/mol. The number of hydrogen-bond donors (Lipinski definition) is 1. The van der Waals surface area contributed by atoms with E-state index < -0.39 is 16.4 Å². The van der Waals surface area contributed by atoms with Gasteiger partial charge in [0.15, 0.2) is 0 Å². The van der Waals surface area contributed by atoms with E-state index in [4.69, 9.17) is 0 Å². The molecule has 0 bridgehead atoms. The number of nitrogens with zero attached hydrogens (tertiary/aromatic N) is 1. The molecule has 0 saturated heterocycles. The molecule has 104 valence electrons. The summed E-state index contributed by atoms with van der Waals surface area (Å²) in [4.78, 5) is 9.81. The van der Waals surface area contributed by atoms with E-state index in [1.165, 1.54) is 37.8 Å². The number of nitro benzene ring substituents is 1. The summed E-state index contributed by atoms with van der Waals surface area (Å²) in [7, 11) is 0. The van der Waals surface area contributed by atoms with Crippen molar-refractivity contribution in [1.82, 2.24) is 0 Å². The first-order chi connectivity index (χ1) is 9.06. The maximum atomic E-state index is 13.4. The lowest BCUT2D eigenvalue weighted by atomic mass is 9.83. The van der Waals surface area contributed by atoms with Crippen molar-refractivity contribution < 1.29 is 9.31 Å². The van der Waals surface area contributed by atoms with E-state index in [0.29, 0.717) is 11.6 Å². The Morgan fingerprint density at radius 1 is 1.37 bits per heavy atom. The predicted molar refractivity (Wildman–Crippen MR) is 72.7 cm³/mol. The standard InChI is InChI=1S/C14H19FN2O2/c1-10-2-4-11(5-3-10)9-16-12-6-7-14(17(18)19)13(15)8-12/h6-8,10-11,16H,2-5,9H2,1H3. The number of nitro groups is 1. The average Bonchev–Trinajstić information content (AvgIpc) is 2.37. The van der Waals surface area contributed by atoms with Crippen LogP contribution in [0, 0.1) is 27.8 Å². The highest BCUT2D eigenvalue weighted by molar-refractivity contribution is 5.49. The zero-order valence-electron chi connectivity index (χ0n) is 11.1. The minimum absolute atomic E-state index is 0.475. The minimum Gasteiger partial charge on any atom is -0.385 e. The molecule has 0 spiro atoms. The summed E-state index contributed by atoms with van der Waals surface area (Å²) in [6.07, 6.45) is 4.90. The predicted octanol–water partition coefficient (Wildman–Crippen LogP) is 3.97. The van der Waals surface area contributed by atoms with Crippen LogP contribution in [0.1, 0.15) is 32.6 Å². The quantitative estimate of drug-likeness (QED) is 0.662. The van der Waals surface area contributed by atoms with Gasteiger partial charge in [0.25, 0.3) is 0 Å². The van der Waals surface area contributed by atoms with Gasteiger partial charge in [0.2, 0.25) is 5.82 Å². The normalized spacial score (nSPS) is 23.1. The van der Waals surface area contributed by atoms with Crippen molar-refractivity contribution in [3.8, 4) is 0 Å². The Morgan fingerprint density at radius 2 is 2.05 bits per heavy atom. The Kier molecular flexibility index (Phi) is 4.35. The molecule has 0 heterocycles. The van der Waals surface area contributed by atoms with Gasteiger partial charge in [-0.25, -0.2) is 0 Å². The third-order valence-corrected chi connectivity index (χ3v) is 3.87. The maximum Gasteiger partial charge on any atom is 0.304 e. The molecule has 1 aromatic carbocycles. The molecule has 19 heavy (non-hydrogen) atoms. The van der Waals surface area contributed by atoms with E-state index in [9.17, 15) is 14.5 Å². The fraction of sp³-hybridized carbons (Fsp3) is 0.571. The maximum absolute atomic E-state index is 13.4. The molecule has 5 heteroatoms. The Hall–Kier alpha value is -1.65. The summed E-state index contributed by atoms with van der Waals surface area (Å²) in [5.41, 5.74) is 0.138. The van der Waals surface area contributed by atoms with Gasteiger partial charge in [0.1, 0.15) is 0 Å². The van der Waals surface area contributed by atoms with Crippen molar-refractivity contribution in [2.75, 3.05) is 11.9 Å². The van der Waals surface area contributed by atoms with Crippen LogP contribution in [0.5, 0.6) is 0 Å². The van der Waals surface area contributed by atoms with Crippen LogP contribution in [0.2, 0.25) is 0 Å². The summed E-state index contributed by atoms with van der Waals surface area (Å²) < 4.78 is 13.4. The van der Waals surface area contributed by atoms with Crippen LogP contribution in [-0.2, 0) is 0 Å². The fourth-order valence-corrected chi connectivity index (χ4v) is 2.56. The zero-order valence-corrected chi connectivity index (χ0v) is 11.1. The van der Waals surface area contributed by atoms with Crippen LogP contribution in [0.15, 0.2) is 18.2 Å². The third kappa shape index (κ3) is 3.66. The molecule has 0 radical (unpaired) electrons. The highest BCUT2D eigenvalue weighted by Crippen LogP contribution is 2.29. The van der Waals surface area contributed by atoms with E-state index in [0.717, 1.165) is 12.5 Å². The van der Waals surface area contributed by atoms with Crippen LogP contribution in [0.25, 0.3) is 0 Å². The minimum atomic E-state index is -0.785. The summed E-state index contributed by atoms with van der Waals surface area (Å²) in [6, 6.07) is 3.97. The highest BCUT2D eigenvalue weighted by Gasteiger charge is 2.18. The molecular formula is C14H19FN2O2. The second-order valence-corrected chi connectivity index (χ2v) is 5.43. The van der Waals surface area contributed by atoms with E-state index in [1.54, 1.807) is 6.07 Å². The molecule has 4 nitrogen and oxygen atoms in total. The Morgan fingerprint density at radius 3 is 2.63 bits per heavy atom. The molecule has 0 unspecified atom stereocenters. The highest BCUT2D eigenvalue weighted by atomic mass is 19.1. The molecule has 1 fully saturated rings. The summed E-state index contributed by atoms with van der Waals surface area (Å²) in [5.74, 6) is 0.648. The topological polar surface area (TPSA) is 55.2 Å². The number of anilines is 1. The van der Waals surface area contributed by atoms with E-state index >= 15 is 0 Å². The van der Waals surface area contributed by atoms with Gasteiger partial charge >= 0.3 is 5.69 Å². The number of benzene rings is 1. The number of halogens is 1. The van der Waals surface area contributed by atoms with Gasteiger partial charge < -0.3 is 5.32 Å². The molecule has 0 amide bonds. The lowest BCUT2D eigenvalue weighted by Gasteiger charge is -2.26. The number of nitrogens with one attached hydrogen (secondary N) is 1. The van der Waals surface area contributed by atoms with Gasteiger partial charge in [-0.05, 0) is 30.7 Å². The van der Waals surface area contributed by atoms with Crippen molar-refractivity contribution in [2.24, 2.45) is 11.8 Å². The van der Waals surface area contributed by atoms with E-state index in [1.807, 2.05) is 0 Å². The smallest absolute Gasteiger partial charge is 0.304 e. The monoisotopic (exact) mass is 266 g/mol. The molecule has 2 rings (SSSR count). The lowest BCUT2D eigenvalue weighted by Crippen LogP contribution is -2.20. The van der Waals surface area contributed by atoms with Crippen molar-refractivity contribution in [1.29, 1.82) is 0 Å². The molecule has 1 N–H and O–H groups in total. The number of rotatable bonds is 4. The Bertz CT molecular complexity index is 457. The van der Waals surface area contributed by atoms with Gasteiger partial charge in [0.05, 0.1) is 4.92 Å². The second kappa shape index (κ2) is 5.99. The van der Waals surface area contributed by atoms with Crippen LogP contribution in [0.3, 0.4) is 0 Å². The van der Waals surface area contributed by atoms with Gasteiger partial charge in [-0.3, -0.25) is 10.1 Å². The molecule has 0 atom stereocenters. The molecule has 1 saturated carbocycles. The molecule has 1 aromatic rings. The van der Waals surface area contributed by atoms with Crippen LogP contribution in [-0.4, -0.2) is 11.5 Å². The Balaban J connectivity index is 1.89. The average molecular weight is 266 g/mol. The van der Waals surface area contributed by atoms with Crippen LogP contribution >= 0.6 is 0 Å². The van der Waals surface area contributed by atoms with Crippen molar-refractivity contribution in [3.05, 3.63) is 34.1 Å². The van der Waals surface area contributed by atoms with Crippen molar-refractivity contribution in [3.63, 3.8) is 0 Å². The first kappa shape index (κ1) is 13.8. The molecule has 1 aliphatic carbocycles. The third-order valence-electron chi connectivity index (χ3n) is 3.87. The first-order valence-electron chi connectivity index (χ1n) is 6.74. The second-order valence-electron chi connectivity index (χ2n) is 5.43. The van der Waals surface area contributed by atoms with Crippen molar-refractivity contribution >= 4 is 11.4 Å². The summed E-state index contributed by atoms with van der Waals surface area (Å²) in [6.45, 7) is 3.08. The van der Waals surface area contributed by atoms with E-state index in [2.05, 4.69) is 12.2 Å². The van der Waals surface area contributed by atoms with Gasteiger partial charge in [-0.2, -0.15) is 4.39 Å². The Labute approximate surface area is 112 Å². The van der Waals surface area contributed by atoms with Crippen molar-refractivity contribution in [2.45, 2.75) is 32.6 Å². The van der Waals surface area contributed by atoms with Gasteiger partial charge in [0, 0.05) is 24.4 Å². The zero-order chi connectivity index (χ0) is 13.8. The molecule has 1 aliphatic rings. The number of hydrogen-bond acceptors (Lipinski definition) is 3. The van der Waals surface area contributed by atoms with E-state index in [-0.39, 0.29) is 0 Å². The largest absolute Gasteiger partial charge is 0.385 e. The van der Waals surface area contributed by atoms with Gasteiger partial charge in [-0.1, -0.05) is 19.8 Å².